The molecule has 3 heterocycles. The molecule has 5 rings (SSSR count). The molecule has 1 N–H and O–H groups in total. The van der Waals surface area contributed by atoms with Crippen molar-refractivity contribution >= 4 is 23.4 Å². The number of ether oxygens (including phenoxy) is 1. The van der Waals surface area contributed by atoms with Crippen LogP contribution in [0, 0.1) is 0 Å². The largest absolute Gasteiger partial charge is 0.489 e. The third kappa shape index (κ3) is 5.22. The highest BCUT2D eigenvalue weighted by molar-refractivity contribution is 6.32. The van der Waals surface area contributed by atoms with Crippen molar-refractivity contribution in [3.05, 3.63) is 46.2 Å². The highest BCUT2D eigenvalue weighted by Gasteiger charge is 2.34. The number of benzene rings is 1. The molecule has 1 aromatic heterocycles. The van der Waals surface area contributed by atoms with E-state index in [1.807, 2.05) is 23.1 Å². The minimum Gasteiger partial charge on any atom is -0.489 e. The number of carbonyl (C=O) groups excluding carboxylic acids is 2. The van der Waals surface area contributed by atoms with Gasteiger partial charge < -0.3 is 19.6 Å². The molecule has 0 unspecified atom stereocenters. The Bertz CT molecular complexity index is 1120. The number of likely N-dealkylation sites (tertiary alicyclic amines) is 2. The van der Waals surface area contributed by atoms with Crippen molar-refractivity contribution in [2.24, 2.45) is 0 Å². The number of rotatable bonds is 5. The number of hydrogen-bond donors (Lipinski definition) is 1. The first-order chi connectivity index (χ1) is 17.4. The van der Waals surface area contributed by atoms with Crippen molar-refractivity contribution in [1.82, 2.24) is 19.6 Å². The molecule has 8 nitrogen and oxygen atoms in total. The van der Waals surface area contributed by atoms with E-state index in [-0.39, 0.29) is 37.4 Å². The zero-order chi connectivity index (χ0) is 25.2. The second-order valence-electron chi connectivity index (χ2n) is 9.89. The van der Waals surface area contributed by atoms with E-state index in [0.29, 0.717) is 48.9 Å². The predicted octanol–water partition coefficient (Wildman–Crippen LogP) is 3.03. The molecule has 2 saturated heterocycles. The minimum absolute atomic E-state index is 0.00183. The van der Waals surface area contributed by atoms with E-state index in [0.717, 1.165) is 36.9 Å². The van der Waals surface area contributed by atoms with Gasteiger partial charge in [0.2, 0.25) is 5.91 Å². The zero-order valence-corrected chi connectivity index (χ0v) is 21.0. The fourth-order valence-corrected chi connectivity index (χ4v) is 5.55. The van der Waals surface area contributed by atoms with Gasteiger partial charge in [0.1, 0.15) is 24.6 Å². The molecule has 2 amide bonds. The van der Waals surface area contributed by atoms with Gasteiger partial charge in [0.05, 0.1) is 17.7 Å². The molecule has 2 aromatic rings. The Morgan fingerprint density at radius 2 is 1.81 bits per heavy atom. The van der Waals surface area contributed by atoms with Crippen LogP contribution in [-0.4, -0.2) is 81.1 Å². The Hall–Kier alpha value is -2.65. The molecule has 0 radical (unpaired) electrons. The number of piperidine rings is 2. The van der Waals surface area contributed by atoms with Gasteiger partial charge in [-0.3, -0.25) is 14.3 Å². The van der Waals surface area contributed by atoms with Crippen LogP contribution in [0.25, 0.3) is 0 Å². The molecule has 36 heavy (non-hydrogen) atoms. The molecule has 0 saturated carbocycles. The van der Waals surface area contributed by atoms with E-state index in [1.165, 1.54) is 4.90 Å². The van der Waals surface area contributed by atoms with Gasteiger partial charge in [0.15, 0.2) is 5.69 Å². The van der Waals surface area contributed by atoms with Crippen molar-refractivity contribution < 1.29 is 23.8 Å². The van der Waals surface area contributed by atoms with Crippen LogP contribution in [0.2, 0.25) is 5.02 Å². The molecule has 3 aliphatic rings. The Balaban J connectivity index is 1.23. The molecule has 0 spiro atoms. The summed E-state index contributed by atoms with van der Waals surface area (Å²) in [7, 11) is 0. The molecular weight excluding hydrogens is 487 g/mol. The number of aromatic nitrogens is 2. The fourth-order valence-electron chi connectivity index (χ4n) is 5.37. The van der Waals surface area contributed by atoms with Crippen molar-refractivity contribution in [1.29, 1.82) is 0 Å². The van der Waals surface area contributed by atoms with Gasteiger partial charge in [-0.1, -0.05) is 23.7 Å². The maximum Gasteiger partial charge on any atom is 0.274 e. The number of aliphatic hydroxyl groups is 1. The smallest absolute Gasteiger partial charge is 0.274 e. The van der Waals surface area contributed by atoms with Gasteiger partial charge in [-0.15, -0.1) is 0 Å². The first-order valence-corrected chi connectivity index (χ1v) is 13.2. The third-order valence-electron chi connectivity index (χ3n) is 7.46. The molecule has 10 heteroatoms. The summed E-state index contributed by atoms with van der Waals surface area (Å²) in [4.78, 5) is 29.6. The summed E-state index contributed by atoms with van der Waals surface area (Å²) in [5.74, 6) is 0.309. The minimum atomic E-state index is -1.45. The highest BCUT2D eigenvalue weighted by atomic mass is 35.5. The maximum absolute atomic E-state index is 14.1. The number of nitrogens with zero attached hydrogens (tertiary/aromatic N) is 4. The average molecular weight is 519 g/mol. The van der Waals surface area contributed by atoms with E-state index in [9.17, 15) is 19.1 Å². The summed E-state index contributed by atoms with van der Waals surface area (Å²) >= 11 is 6.20. The predicted molar refractivity (Wildman–Crippen MR) is 132 cm³/mol. The standard InChI is InChI=1S/C26H32ClFN4O4/c27-19-6-2-4-8-23(19)36-17-9-12-30(13-10-17)24(34)16-32-21-7-3-1-5-18(21)25(29-32)26(35)31-14-11-22(33)20(28)15-31/h2,4,6,8,17,20,22,33H,1,3,5,7,9-16H2/t20-,22+/m0/s1. The Kier molecular flexibility index (Phi) is 7.48. The number of alkyl halides is 1. The van der Waals surface area contributed by atoms with Gasteiger partial charge in [0.25, 0.3) is 5.91 Å². The molecule has 2 fully saturated rings. The summed E-state index contributed by atoms with van der Waals surface area (Å²) < 4.78 is 21.8. The lowest BCUT2D eigenvalue weighted by molar-refractivity contribution is -0.133. The number of amides is 2. The molecule has 194 valence electrons. The van der Waals surface area contributed by atoms with Crippen molar-refractivity contribution in [3.8, 4) is 5.75 Å². The van der Waals surface area contributed by atoms with Crippen LogP contribution in [0.4, 0.5) is 4.39 Å². The number of aliphatic hydroxyl groups excluding tert-OH is 1. The van der Waals surface area contributed by atoms with Crippen molar-refractivity contribution in [2.75, 3.05) is 26.2 Å². The lowest BCUT2D eigenvalue weighted by atomic mass is 9.95. The number of halogens is 2. The summed E-state index contributed by atoms with van der Waals surface area (Å²) in [5, 5.41) is 14.8. The van der Waals surface area contributed by atoms with Crippen molar-refractivity contribution in [2.45, 2.75) is 69.9 Å². The van der Waals surface area contributed by atoms with Crippen molar-refractivity contribution in [3.63, 3.8) is 0 Å². The second kappa shape index (κ2) is 10.8. The summed E-state index contributed by atoms with van der Waals surface area (Å²) in [6, 6.07) is 7.38. The Morgan fingerprint density at radius 1 is 1.08 bits per heavy atom. The van der Waals surface area contributed by atoms with Gasteiger partial charge in [-0.05, 0) is 44.2 Å². The van der Waals surface area contributed by atoms with E-state index < -0.39 is 12.3 Å². The fraction of sp³-hybridized carbons (Fsp3) is 0.577. The monoisotopic (exact) mass is 518 g/mol. The first kappa shape index (κ1) is 25.0. The average Bonchev–Trinajstić information content (AvgIpc) is 3.25. The van der Waals surface area contributed by atoms with Crippen LogP contribution in [0.1, 0.15) is 53.8 Å². The van der Waals surface area contributed by atoms with Crippen LogP contribution >= 0.6 is 11.6 Å². The zero-order valence-electron chi connectivity index (χ0n) is 20.2. The Labute approximate surface area is 215 Å². The Morgan fingerprint density at radius 3 is 2.56 bits per heavy atom. The molecule has 2 atom stereocenters. The van der Waals surface area contributed by atoms with Gasteiger partial charge in [0, 0.05) is 43.7 Å². The normalized spacial score (nSPS) is 22.9. The number of fused-ring (bicyclic) bond motifs is 1. The van der Waals surface area contributed by atoms with Crippen LogP contribution in [0.15, 0.2) is 24.3 Å². The SMILES string of the molecule is O=C(Cn1nc(C(=O)N2CC[C@@H](O)[C@@H](F)C2)c2c1CCCC2)N1CCC(Oc2ccccc2Cl)CC1. The molecule has 2 aliphatic heterocycles. The van der Waals surface area contributed by atoms with E-state index in [2.05, 4.69) is 5.10 Å². The number of hydrogen-bond acceptors (Lipinski definition) is 5. The summed E-state index contributed by atoms with van der Waals surface area (Å²) in [5.41, 5.74) is 2.14. The van der Waals surface area contributed by atoms with Gasteiger partial charge in [-0.2, -0.15) is 5.10 Å². The van der Waals surface area contributed by atoms with Gasteiger partial charge >= 0.3 is 0 Å². The topological polar surface area (TPSA) is 87.9 Å². The van der Waals surface area contributed by atoms with Crippen LogP contribution < -0.4 is 4.74 Å². The van der Waals surface area contributed by atoms with Gasteiger partial charge in [-0.25, -0.2) is 4.39 Å². The highest BCUT2D eigenvalue weighted by Crippen LogP contribution is 2.28. The third-order valence-corrected chi connectivity index (χ3v) is 7.78. The van der Waals surface area contributed by atoms with E-state index in [4.69, 9.17) is 16.3 Å². The second-order valence-corrected chi connectivity index (χ2v) is 10.3. The quantitative estimate of drug-likeness (QED) is 0.657. The summed E-state index contributed by atoms with van der Waals surface area (Å²) in [6.07, 6.45) is 2.58. The number of para-hydroxylation sites is 1. The lowest BCUT2D eigenvalue weighted by Crippen LogP contribution is -2.47. The maximum atomic E-state index is 14.1. The molecule has 1 aliphatic carbocycles. The summed E-state index contributed by atoms with van der Waals surface area (Å²) in [6.45, 7) is 1.41. The number of carbonyl (C=O) groups is 2. The lowest BCUT2D eigenvalue weighted by Gasteiger charge is -2.32. The molecule has 1 aromatic carbocycles. The molecule has 0 bridgehead atoms. The van der Waals surface area contributed by atoms with Crippen LogP contribution in [0.3, 0.4) is 0 Å². The van der Waals surface area contributed by atoms with E-state index >= 15 is 0 Å². The molecular formula is C26H32ClFN4O4. The first-order valence-electron chi connectivity index (χ1n) is 12.8. The van der Waals surface area contributed by atoms with Crippen LogP contribution in [-0.2, 0) is 24.2 Å². The van der Waals surface area contributed by atoms with E-state index in [1.54, 1.807) is 10.7 Å². The van der Waals surface area contributed by atoms with Crippen LogP contribution in [0.5, 0.6) is 5.75 Å².